The summed E-state index contributed by atoms with van der Waals surface area (Å²) in [7, 11) is 0. The molecule has 0 aliphatic carbocycles. The molecule has 0 spiro atoms. The van der Waals surface area contributed by atoms with Crippen LogP contribution in [0.3, 0.4) is 0 Å². The van der Waals surface area contributed by atoms with Crippen LogP contribution in [0.5, 0.6) is 0 Å². The summed E-state index contributed by atoms with van der Waals surface area (Å²) in [5.41, 5.74) is 0. The van der Waals surface area contributed by atoms with Gasteiger partial charge in [0.25, 0.3) is 0 Å². The predicted octanol–water partition coefficient (Wildman–Crippen LogP) is 1.12. The molecule has 3 heteroatoms. The normalized spacial score (nSPS) is 18.4. The van der Waals surface area contributed by atoms with Crippen LogP contribution in [0.4, 0.5) is 0 Å². The molecule has 0 aromatic carbocycles. The molecule has 0 saturated carbocycles. The molecule has 1 rings (SSSR count). The zero-order chi connectivity index (χ0) is 9.36. The van der Waals surface area contributed by atoms with E-state index in [1.807, 2.05) is 11.8 Å². The fourth-order valence-electron chi connectivity index (χ4n) is 1.37. The first-order valence-electron chi connectivity index (χ1n) is 4.76. The Kier molecular flexibility index (Phi) is 6.09. The molecule has 74 valence electrons. The highest BCUT2D eigenvalue weighted by Crippen LogP contribution is 2.06. The van der Waals surface area contributed by atoms with E-state index < -0.39 is 0 Å². The summed E-state index contributed by atoms with van der Waals surface area (Å²) in [6, 6.07) is 0.667. The van der Waals surface area contributed by atoms with Crippen molar-refractivity contribution in [2.75, 3.05) is 31.3 Å². The van der Waals surface area contributed by atoms with Gasteiger partial charge < -0.3 is 10.1 Å². The Hall–Kier alpha value is -0.170. The molecule has 2 nitrogen and oxygen atoms in total. The average Bonchev–Trinajstić information content (AvgIpc) is 2.19. The van der Waals surface area contributed by atoms with Crippen LogP contribution in [-0.4, -0.2) is 37.3 Å². The first-order valence-corrected chi connectivity index (χ1v) is 5.91. The molecule has 0 radical (unpaired) electrons. The summed E-state index contributed by atoms with van der Waals surface area (Å²) in [5.74, 6) is 4.56. The zero-order valence-corrected chi connectivity index (χ0v) is 8.74. The van der Waals surface area contributed by atoms with Gasteiger partial charge in [-0.1, -0.05) is 5.92 Å². The van der Waals surface area contributed by atoms with Gasteiger partial charge in [-0.2, -0.15) is 0 Å². The maximum Gasteiger partial charge on any atom is 0.0545 e. The Morgan fingerprint density at radius 2 is 2.23 bits per heavy atom. The van der Waals surface area contributed by atoms with E-state index in [4.69, 9.17) is 11.2 Å². The van der Waals surface area contributed by atoms with Crippen LogP contribution in [0.1, 0.15) is 12.8 Å². The van der Waals surface area contributed by atoms with Gasteiger partial charge in [0.1, 0.15) is 0 Å². The van der Waals surface area contributed by atoms with Gasteiger partial charge in [0, 0.05) is 31.6 Å². The lowest BCUT2D eigenvalue weighted by molar-refractivity contribution is 0.0786. The Balaban J connectivity index is 1.90. The minimum Gasteiger partial charge on any atom is -0.381 e. The molecular formula is C10H17NOS. The molecule has 1 fully saturated rings. The lowest BCUT2D eigenvalue weighted by Crippen LogP contribution is -2.36. The largest absolute Gasteiger partial charge is 0.381 e. The highest BCUT2D eigenvalue weighted by molar-refractivity contribution is 7.99. The molecule has 0 aromatic heterocycles. The van der Waals surface area contributed by atoms with Crippen molar-refractivity contribution in [3.8, 4) is 12.3 Å². The molecule has 1 N–H and O–H groups in total. The molecule has 0 aromatic rings. The van der Waals surface area contributed by atoms with Crippen molar-refractivity contribution < 1.29 is 4.74 Å². The average molecular weight is 199 g/mol. The van der Waals surface area contributed by atoms with Crippen LogP contribution in [0.2, 0.25) is 0 Å². The summed E-state index contributed by atoms with van der Waals surface area (Å²) in [5, 5.41) is 3.51. The number of hydrogen-bond donors (Lipinski definition) is 1. The minimum absolute atomic E-state index is 0.667. The van der Waals surface area contributed by atoms with Crippen LogP contribution < -0.4 is 5.32 Å². The fraction of sp³-hybridized carbons (Fsp3) is 0.800. The van der Waals surface area contributed by atoms with Crippen molar-refractivity contribution >= 4 is 11.8 Å². The van der Waals surface area contributed by atoms with Crippen molar-refractivity contribution in [2.45, 2.75) is 18.9 Å². The van der Waals surface area contributed by atoms with Crippen LogP contribution in [0, 0.1) is 12.3 Å². The summed E-state index contributed by atoms with van der Waals surface area (Å²) in [6.45, 7) is 2.89. The number of rotatable bonds is 5. The molecule has 0 amide bonds. The van der Waals surface area contributed by atoms with E-state index >= 15 is 0 Å². The molecular weight excluding hydrogens is 182 g/mol. The van der Waals surface area contributed by atoms with Crippen molar-refractivity contribution in [3.05, 3.63) is 0 Å². The topological polar surface area (TPSA) is 21.3 Å². The summed E-state index contributed by atoms with van der Waals surface area (Å²) in [4.78, 5) is 0. The Bertz CT molecular complexity index is 161. The maximum atomic E-state index is 5.27. The van der Waals surface area contributed by atoms with Crippen molar-refractivity contribution in [1.29, 1.82) is 0 Å². The van der Waals surface area contributed by atoms with E-state index in [1.165, 1.54) is 0 Å². The first kappa shape index (κ1) is 10.9. The van der Waals surface area contributed by atoms with Crippen molar-refractivity contribution in [1.82, 2.24) is 5.32 Å². The quantitative estimate of drug-likeness (QED) is 0.529. The molecule has 0 atom stereocenters. The fourth-order valence-corrected chi connectivity index (χ4v) is 1.89. The maximum absolute atomic E-state index is 5.27. The van der Waals surface area contributed by atoms with E-state index in [2.05, 4.69) is 11.2 Å². The number of hydrogen-bond acceptors (Lipinski definition) is 3. The van der Waals surface area contributed by atoms with Gasteiger partial charge in [0.15, 0.2) is 0 Å². The van der Waals surface area contributed by atoms with Gasteiger partial charge in [-0.25, -0.2) is 0 Å². The number of nitrogens with one attached hydrogen (secondary N) is 1. The van der Waals surface area contributed by atoms with Gasteiger partial charge in [-0.15, -0.1) is 18.2 Å². The second kappa shape index (κ2) is 7.25. The van der Waals surface area contributed by atoms with Crippen molar-refractivity contribution in [2.24, 2.45) is 0 Å². The van der Waals surface area contributed by atoms with Gasteiger partial charge in [0.2, 0.25) is 0 Å². The standard InChI is InChI=1S/C10H17NOS/c1-2-8-13-9-5-11-10-3-6-12-7-4-10/h1,10-11H,3-9H2. The second-order valence-electron chi connectivity index (χ2n) is 3.10. The Morgan fingerprint density at radius 3 is 2.92 bits per heavy atom. The molecule has 13 heavy (non-hydrogen) atoms. The zero-order valence-electron chi connectivity index (χ0n) is 7.92. The van der Waals surface area contributed by atoms with Crippen LogP contribution in [0.25, 0.3) is 0 Å². The highest BCUT2D eigenvalue weighted by atomic mass is 32.2. The van der Waals surface area contributed by atoms with Gasteiger partial charge in [-0.05, 0) is 12.8 Å². The molecule has 1 aliphatic heterocycles. The summed E-state index contributed by atoms with van der Waals surface area (Å²) < 4.78 is 5.27. The van der Waals surface area contributed by atoms with E-state index in [1.54, 1.807) is 0 Å². The Morgan fingerprint density at radius 1 is 1.46 bits per heavy atom. The molecule has 1 heterocycles. The van der Waals surface area contributed by atoms with E-state index in [0.717, 1.165) is 44.1 Å². The molecule has 0 unspecified atom stereocenters. The second-order valence-corrected chi connectivity index (χ2v) is 4.20. The van der Waals surface area contributed by atoms with Crippen molar-refractivity contribution in [3.63, 3.8) is 0 Å². The minimum atomic E-state index is 0.667. The number of ether oxygens (including phenoxy) is 1. The van der Waals surface area contributed by atoms with Crippen LogP contribution in [-0.2, 0) is 4.74 Å². The SMILES string of the molecule is C#CCSCCNC1CCOCC1. The van der Waals surface area contributed by atoms with Crippen LogP contribution >= 0.6 is 11.8 Å². The first-order chi connectivity index (χ1) is 6.43. The summed E-state index contributed by atoms with van der Waals surface area (Å²) >= 11 is 1.81. The van der Waals surface area contributed by atoms with E-state index in [0.29, 0.717) is 6.04 Å². The monoisotopic (exact) mass is 199 g/mol. The van der Waals surface area contributed by atoms with Gasteiger partial charge in [-0.3, -0.25) is 0 Å². The predicted molar refractivity (Wildman–Crippen MR) is 58.0 cm³/mol. The lowest BCUT2D eigenvalue weighted by atomic mass is 10.1. The third-order valence-electron chi connectivity index (χ3n) is 2.09. The number of terminal acetylenes is 1. The number of thioether (sulfide) groups is 1. The summed E-state index contributed by atoms with van der Waals surface area (Å²) in [6.07, 6.45) is 7.45. The Labute approximate surface area is 84.8 Å². The molecule has 0 bridgehead atoms. The molecule has 1 aliphatic rings. The van der Waals surface area contributed by atoms with E-state index in [-0.39, 0.29) is 0 Å². The van der Waals surface area contributed by atoms with Crippen LogP contribution in [0.15, 0.2) is 0 Å². The molecule has 1 saturated heterocycles. The third-order valence-corrected chi connectivity index (χ3v) is 2.95. The van der Waals surface area contributed by atoms with Gasteiger partial charge in [0.05, 0.1) is 5.75 Å². The lowest BCUT2D eigenvalue weighted by Gasteiger charge is -2.22. The highest BCUT2D eigenvalue weighted by Gasteiger charge is 2.11. The smallest absolute Gasteiger partial charge is 0.0545 e. The van der Waals surface area contributed by atoms with Gasteiger partial charge >= 0.3 is 0 Å². The third kappa shape index (κ3) is 5.20. The van der Waals surface area contributed by atoms with E-state index in [9.17, 15) is 0 Å².